The standard InChI is InChI=1S/C15H11FN6/c16-13-5-6-14(15(7-13)20-21-17)12-3-1-11(2-4-12)8-22-10-18-9-19-22/h1-7,9-10H,8H2. The molecule has 2 aromatic carbocycles. The normalized spacial score (nSPS) is 10.2. The molecule has 0 spiro atoms. The van der Waals surface area contributed by atoms with Crippen molar-refractivity contribution in [3.63, 3.8) is 0 Å². The lowest BCUT2D eigenvalue weighted by Gasteiger charge is -2.07. The van der Waals surface area contributed by atoms with Crippen LogP contribution in [0.15, 0.2) is 60.2 Å². The van der Waals surface area contributed by atoms with Crippen LogP contribution in [0, 0.1) is 5.82 Å². The molecule has 0 radical (unpaired) electrons. The summed E-state index contributed by atoms with van der Waals surface area (Å²) in [7, 11) is 0. The second-order valence-electron chi connectivity index (χ2n) is 4.64. The third kappa shape index (κ3) is 2.94. The number of hydrogen-bond acceptors (Lipinski definition) is 3. The summed E-state index contributed by atoms with van der Waals surface area (Å²) in [4.78, 5) is 6.63. The van der Waals surface area contributed by atoms with Gasteiger partial charge in [-0.2, -0.15) is 5.10 Å². The van der Waals surface area contributed by atoms with Crippen LogP contribution in [0.25, 0.3) is 21.6 Å². The average molecular weight is 294 g/mol. The summed E-state index contributed by atoms with van der Waals surface area (Å²) < 4.78 is 15.0. The van der Waals surface area contributed by atoms with E-state index in [2.05, 4.69) is 20.1 Å². The topological polar surface area (TPSA) is 79.5 Å². The van der Waals surface area contributed by atoms with Gasteiger partial charge in [0.25, 0.3) is 0 Å². The Labute approximate surface area is 125 Å². The molecule has 0 saturated heterocycles. The molecule has 0 amide bonds. The molecule has 1 heterocycles. The van der Waals surface area contributed by atoms with Crippen LogP contribution in [-0.4, -0.2) is 14.8 Å². The van der Waals surface area contributed by atoms with Crippen LogP contribution in [0.5, 0.6) is 0 Å². The minimum Gasteiger partial charge on any atom is -0.249 e. The third-order valence-corrected chi connectivity index (χ3v) is 3.19. The lowest BCUT2D eigenvalue weighted by atomic mass is 10.0. The van der Waals surface area contributed by atoms with E-state index in [0.717, 1.165) is 11.1 Å². The highest BCUT2D eigenvalue weighted by Gasteiger charge is 2.06. The highest BCUT2D eigenvalue weighted by Crippen LogP contribution is 2.31. The second-order valence-corrected chi connectivity index (χ2v) is 4.64. The van der Waals surface area contributed by atoms with Crippen molar-refractivity contribution in [2.45, 2.75) is 6.54 Å². The van der Waals surface area contributed by atoms with E-state index >= 15 is 0 Å². The third-order valence-electron chi connectivity index (χ3n) is 3.19. The van der Waals surface area contributed by atoms with Crippen LogP contribution in [0.3, 0.4) is 0 Å². The summed E-state index contributed by atoms with van der Waals surface area (Å²) in [6, 6.07) is 11.9. The molecule has 0 aliphatic carbocycles. The largest absolute Gasteiger partial charge is 0.249 e. The highest BCUT2D eigenvalue weighted by molar-refractivity contribution is 5.75. The van der Waals surface area contributed by atoms with Crippen LogP contribution < -0.4 is 0 Å². The zero-order valence-corrected chi connectivity index (χ0v) is 11.5. The van der Waals surface area contributed by atoms with Crippen molar-refractivity contribution in [2.24, 2.45) is 5.11 Å². The Bertz CT molecular complexity index is 820. The monoisotopic (exact) mass is 294 g/mol. The van der Waals surface area contributed by atoms with Crippen molar-refractivity contribution in [3.05, 3.63) is 76.9 Å². The molecule has 0 bridgehead atoms. The van der Waals surface area contributed by atoms with Crippen LogP contribution in [0.1, 0.15) is 5.56 Å². The molecule has 0 unspecified atom stereocenters. The molecule has 0 aliphatic rings. The van der Waals surface area contributed by atoms with E-state index < -0.39 is 5.82 Å². The van der Waals surface area contributed by atoms with Gasteiger partial charge in [-0.25, -0.2) is 14.1 Å². The fourth-order valence-electron chi connectivity index (χ4n) is 2.17. The molecule has 108 valence electrons. The van der Waals surface area contributed by atoms with E-state index in [-0.39, 0.29) is 5.69 Å². The molecule has 0 N–H and O–H groups in total. The van der Waals surface area contributed by atoms with Gasteiger partial charge < -0.3 is 0 Å². The maximum atomic E-state index is 13.3. The Hall–Kier alpha value is -3.18. The number of azide groups is 1. The van der Waals surface area contributed by atoms with E-state index in [1.807, 2.05) is 24.3 Å². The van der Waals surface area contributed by atoms with Gasteiger partial charge >= 0.3 is 0 Å². The minimum absolute atomic E-state index is 0.270. The van der Waals surface area contributed by atoms with Gasteiger partial charge in [-0.05, 0) is 34.4 Å². The zero-order valence-electron chi connectivity index (χ0n) is 11.5. The molecule has 0 saturated carbocycles. The maximum absolute atomic E-state index is 13.3. The van der Waals surface area contributed by atoms with Gasteiger partial charge in [0, 0.05) is 10.6 Å². The number of nitrogens with zero attached hydrogens (tertiary/aromatic N) is 6. The van der Waals surface area contributed by atoms with Gasteiger partial charge in [-0.1, -0.05) is 35.4 Å². The first-order chi connectivity index (χ1) is 10.8. The smallest absolute Gasteiger partial charge is 0.137 e. The van der Waals surface area contributed by atoms with E-state index in [1.54, 1.807) is 17.1 Å². The molecule has 0 fully saturated rings. The Balaban J connectivity index is 1.91. The summed E-state index contributed by atoms with van der Waals surface area (Å²) in [5.41, 5.74) is 11.5. The highest BCUT2D eigenvalue weighted by atomic mass is 19.1. The first-order valence-corrected chi connectivity index (χ1v) is 6.52. The Morgan fingerprint density at radius 1 is 1.18 bits per heavy atom. The molecule has 7 heteroatoms. The van der Waals surface area contributed by atoms with Gasteiger partial charge in [-0.15, -0.1) is 0 Å². The Kier molecular flexibility index (Phi) is 3.80. The van der Waals surface area contributed by atoms with Crippen LogP contribution in [0.4, 0.5) is 10.1 Å². The van der Waals surface area contributed by atoms with Crippen LogP contribution in [-0.2, 0) is 6.54 Å². The fraction of sp³-hybridized carbons (Fsp3) is 0.0667. The van der Waals surface area contributed by atoms with Crippen molar-refractivity contribution in [1.29, 1.82) is 0 Å². The van der Waals surface area contributed by atoms with Crippen LogP contribution in [0.2, 0.25) is 0 Å². The maximum Gasteiger partial charge on any atom is 0.137 e. The molecule has 0 atom stereocenters. The van der Waals surface area contributed by atoms with E-state index in [9.17, 15) is 4.39 Å². The summed E-state index contributed by atoms with van der Waals surface area (Å²) >= 11 is 0. The van der Waals surface area contributed by atoms with E-state index in [4.69, 9.17) is 5.53 Å². The van der Waals surface area contributed by atoms with Gasteiger partial charge in [0.15, 0.2) is 0 Å². The fourth-order valence-corrected chi connectivity index (χ4v) is 2.17. The predicted octanol–water partition coefficient (Wildman–Crippen LogP) is 4.07. The molecule has 3 rings (SSSR count). The molecule has 3 aromatic rings. The first-order valence-electron chi connectivity index (χ1n) is 6.52. The number of hydrogen-bond donors (Lipinski definition) is 0. The number of rotatable bonds is 4. The Morgan fingerprint density at radius 3 is 2.68 bits per heavy atom. The SMILES string of the molecule is [N-]=[N+]=Nc1cc(F)ccc1-c1ccc(Cn2cncn2)cc1. The van der Waals surface area contributed by atoms with Gasteiger partial charge in [-0.3, -0.25) is 0 Å². The molecular weight excluding hydrogens is 283 g/mol. The summed E-state index contributed by atoms with van der Waals surface area (Å²) in [5, 5.41) is 7.59. The summed E-state index contributed by atoms with van der Waals surface area (Å²) in [6.07, 6.45) is 3.13. The van der Waals surface area contributed by atoms with Crippen molar-refractivity contribution in [1.82, 2.24) is 14.8 Å². The summed E-state index contributed by atoms with van der Waals surface area (Å²) in [6.45, 7) is 0.618. The van der Waals surface area contributed by atoms with Crippen molar-refractivity contribution in [3.8, 4) is 11.1 Å². The molecule has 6 nitrogen and oxygen atoms in total. The number of benzene rings is 2. The van der Waals surface area contributed by atoms with Gasteiger partial charge in [0.05, 0.1) is 6.54 Å². The summed E-state index contributed by atoms with van der Waals surface area (Å²) in [5.74, 6) is -0.436. The minimum atomic E-state index is -0.436. The van der Waals surface area contributed by atoms with E-state index in [0.29, 0.717) is 12.1 Å². The molecule has 22 heavy (non-hydrogen) atoms. The lowest BCUT2D eigenvalue weighted by molar-refractivity contribution is 0.628. The van der Waals surface area contributed by atoms with Crippen molar-refractivity contribution >= 4 is 5.69 Å². The molecular formula is C15H11FN6. The quantitative estimate of drug-likeness (QED) is 0.413. The van der Waals surface area contributed by atoms with Gasteiger partial charge in [0.2, 0.25) is 0 Å². The lowest BCUT2D eigenvalue weighted by Crippen LogP contribution is -1.99. The predicted molar refractivity (Wildman–Crippen MR) is 79.8 cm³/mol. The van der Waals surface area contributed by atoms with E-state index in [1.165, 1.54) is 18.5 Å². The average Bonchev–Trinajstić information content (AvgIpc) is 3.02. The second kappa shape index (κ2) is 6.07. The number of halogens is 1. The first kappa shape index (κ1) is 13.8. The zero-order chi connectivity index (χ0) is 15.4. The van der Waals surface area contributed by atoms with Crippen molar-refractivity contribution in [2.75, 3.05) is 0 Å². The molecule has 1 aromatic heterocycles. The Morgan fingerprint density at radius 2 is 2.00 bits per heavy atom. The van der Waals surface area contributed by atoms with Crippen LogP contribution >= 0.6 is 0 Å². The van der Waals surface area contributed by atoms with Gasteiger partial charge in [0.1, 0.15) is 18.5 Å². The van der Waals surface area contributed by atoms with Crippen molar-refractivity contribution < 1.29 is 4.39 Å². The number of aromatic nitrogens is 3. The molecule has 0 aliphatic heterocycles.